The van der Waals surface area contributed by atoms with Crippen LogP contribution in [-0.4, -0.2) is 68.2 Å². The van der Waals surface area contributed by atoms with E-state index in [4.69, 9.17) is 4.74 Å². The summed E-state index contributed by atoms with van der Waals surface area (Å²) in [6, 6.07) is 8.20. The van der Waals surface area contributed by atoms with E-state index in [0.29, 0.717) is 0 Å². The molecular weight excluding hydrogens is 324 g/mol. The molecule has 0 bridgehead atoms. The Morgan fingerprint density at radius 3 is 2.81 bits per heavy atom. The van der Waals surface area contributed by atoms with Gasteiger partial charge in [0.2, 0.25) is 0 Å². The molecule has 26 heavy (non-hydrogen) atoms. The molecule has 2 atom stereocenters. The van der Waals surface area contributed by atoms with Gasteiger partial charge in [0.25, 0.3) is 0 Å². The first kappa shape index (κ1) is 20.6. The van der Waals surface area contributed by atoms with Crippen LogP contribution < -0.4 is 10.1 Å². The predicted octanol–water partition coefficient (Wildman–Crippen LogP) is 3.00. The Bertz CT molecular complexity index is 571. The van der Waals surface area contributed by atoms with Crippen molar-refractivity contribution in [1.29, 1.82) is 0 Å². The number of hydrogen-bond acceptors (Lipinski definition) is 3. The number of guanidine groups is 1. The topological polar surface area (TPSA) is 40.1 Å². The quantitative estimate of drug-likeness (QED) is 0.571. The van der Waals surface area contributed by atoms with Crippen molar-refractivity contribution in [2.75, 3.05) is 46.3 Å². The highest BCUT2D eigenvalue weighted by molar-refractivity contribution is 5.80. The van der Waals surface area contributed by atoms with Gasteiger partial charge in [0.05, 0.1) is 6.54 Å². The molecule has 1 heterocycles. The number of ether oxygens (including phenoxy) is 1. The summed E-state index contributed by atoms with van der Waals surface area (Å²) in [5.74, 6) is 2.65. The zero-order valence-electron chi connectivity index (χ0n) is 17.2. The normalized spacial score (nSPS) is 19.1. The molecule has 0 spiro atoms. The van der Waals surface area contributed by atoms with Gasteiger partial charge in [0.1, 0.15) is 11.9 Å². The number of nitrogens with one attached hydrogen (secondary N) is 1. The summed E-state index contributed by atoms with van der Waals surface area (Å²) in [5, 5.41) is 3.49. The van der Waals surface area contributed by atoms with Crippen molar-refractivity contribution in [3.63, 3.8) is 0 Å². The Hall–Kier alpha value is -1.75. The van der Waals surface area contributed by atoms with Crippen LogP contribution in [0.25, 0.3) is 0 Å². The van der Waals surface area contributed by atoms with Crippen molar-refractivity contribution in [3.8, 4) is 5.75 Å². The molecule has 1 aliphatic rings. The van der Waals surface area contributed by atoms with E-state index in [-0.39, 0.29) is 6.10 Å². The standard InChI is InChI=1S/C21H36N4O/c1-6-24(7-2)15-19-11-12-25(16-19)21(22-5)23-14-18(4)26-20-10-8-9-17(3)13-20/h8-10,13,18-19H,6-7,11-12,14-16H2,1-5H3,(H,22,23). The van der Waals surface area contributed by atoms with Gasteiger partial charge in [-0.3, -0.25) is 4.99 Å². The van der Waals surface area contributed by atoms with E-state index in [2.05, 4.69) is 59.9 Å². The lowest BCUT2D eigenvalue weighted by Gasteiger charge is -2.25. The van der Waals surface area contributed by atoms with Crippen LogP contribution in [0, 0.1) is 12.8 Å². The summed E-state index contributed by atoms with van der Waals surface area (Å²) in [6.45, 7) is 15.0. The maximum atomic E-state index is 6.01. The molecule has 146 valence electrons. The van der Waals surface area contributed by atoms with Gasteiger partial charge < -0.3 is 19.9 Å². The average Bonchev–Trinajstić information content (AvgIpc) is 3.08. The van der Waals surface area contributed by atoms with Crippen LogP contribution in [0.5, 0.6) is 5.75 Å². The Morgan fingerprint density at radius 1 is 1.38 bits per heavy atom. The molecule has 5 heteroatoms. The van der Waals surface area contributed by atoms with E-state index in [1.807, 2.05) is 19.2 Å². The molecule has 1 aromatic rings. The predicted molar refractivity (Wildman–Crippen MR) is 110 cm³/mol. The first-order chi connectivity index (χ1) is 12.5. The first-order valence-corrected chi connectivity index (χ1v) is 9.96. The number of nitrogens with zero attached hydrogens (tertiary/aromatic N) is 3. The minimum atomic E-state index is 0.0858. The molecular formula is C21H36N4O. The number of likely N-dealkylation sites (tertiary alicyclic amines) is 1. The summed E-state index contributed by atoms with van der Waals surface area (Å²) in [6.07, 6.45) is 1.33. The van der Waals surface area contributed by atoms with Crippen molar-refractivity contribution in [1.82, 2.24) is 15.1 Å². The van der Waals surface area contributed by atoms with E-state index in [1.54, 1.807) is 0 Å². The van der Waals surface area contributed by atoms with Crippen molar-refractivity contribution < 1.29 is 4.74 Å². The van der Waals surface area contributed by atoms with Crippen molar-refractivity contribution >= 4 is 5.96 Å². The third-order valence-electron chi connectivity index (χ3n) is 5.08. The van der Waals surface area contributed by atoms with E-state index in [0.717, 1.165) is 50.4 Å². The molecule has 1 fully saturated rings. The molecule has 5 nitrogen and oxygen atoms in total. The lowest BCUT2D eigenvalue weighted by Crippen LogP contribution is -2.44. The lowest BCUT2D eigenvalue weighted by molar-refractivity contribution is 0.222. The fraction of sp³-hybridized carbons (Fsp3) is 0.667. The molecule has 1 N–H and O–H groups in total. The van der Waals surface area contributed by atoms with Crippen molar-refractivity contribution in [3.05, 3.63) is 29.8 Å². The van der Waals surface area contributed by atoms with Gasteiger partial charge in [-0.15, -0.1) is 0 Å². The largest absolute Gasteiger partial charge is 0.489 e. The van der Waals surface area contributed by atoms with E-state index in [1.165, 1.54) is 18.5 Å². The Kier molecular flexibility index (Phi) is 8.23. The number of hydrogen-bond donors (Lipinski definition) is 1. The van der Waals surface area contributed by atoms with Gasteiger partial charge in [0, 0.05) is 26.7 Å². The number of aliphatic imine (C=N–C) groups is 1. The van der Waals surface area contributed by atoms with Crippen LogP contribution in [0.3, 0.4) is 0 Å². The summed E-state index contributed by atoms with van der Waals surface area (Å²) in [7, 11) is 1.87. The molecule has 0 radical (unpaired) electrons. The van der Waals surface area contributed by atoms with Crippen LogP contribution in [0.2, 0.25) is 0 Å². The highest BCUT2D eigenvalue weighted by Crippen LogP contribution is 2.18. The minimum Gasteiger partial charge on any atom is -0.489 e. The third kappa shape index (κ3) is 6.20. The summed E-state index contributed by atoms with van der Waals surface area (Å²) < 4.78 is 6.01. The zero-order chi connectivity index (χ0) is 18.9. The average molecular weight is 361 g/mol. The molecule has 1 aromatic carbocycles. The smallest absolute Gasteiger partial charge is 0.193 e. The van der Waals surface area contributed by atoms with Gasteiger partial charge >= 0.3 is 0 Å². The fourth-order valence-electron chi connectivity index (χ4n) is 3.55. The molecule has 0 saturated carbocycles. The second-order valence-corrected chi connectivity index (χ2v) is 7.26. The molecule has 0 aliphatic carbocycles. The van der Waals surface area contributed by atoms with Gasteiger partial charge in [-0.05, 0) is 57.0 Å². The summed E-state index contributed by atoms with van der Waals surface area (Å²) >= 11 is 0. The van der Waals surface area contributed by atoms with Crippen molar-refractivity contribution in [2.24, 2.45) is 10.9 Å². The lowest BCUT2D eigenvalue weighted by atomic mass is 10.1. The Labute approximate surface area is 159 Å². The van der Waals surface area contributed by atoms with Crippen molar-refractivity contribution in [2.45, 2.75) is 40.2 Å². The summed E-state index contributed by atoms with van der Waals surface area (Å²) in [5.41, 5.74) is 1.22. The Balaban J connectivity index is 1.78. The number of aryl methyl sites for hydroxylation is 1. The van der Waals surface area contributed by atoms with E-state index in [9.17, 15) is 0 Å². The van der Waals surface area contributed by atoms with E-state index >= 15 is 0 Å². The first-order valence-electron chi connectivity index (χ1n) is 9.96. The fourth-order valence-corrected chi connectivity index (χ4v) is 3.55. The maximum Gasteiger partial charge on any atom is 0.193 e. The zero-order valence-corrected chi connectivity index (χ0v) is 17.2. The second kappa shape index (κ2) is 10.4. The molecule has 2 rings (SSSR count). The highest BCUT2D eigenvalue weighted by Gasteiger charge is 2.26. The molecule has 1 saturated heterocycles. The van der Waals surface area contributed by atoms with Gasteiger partial charge in [-0.2, -0.15) is 0 Å². The molecule has 2 unspecified atom stereocenters. The summed E-state index contributed by atoms with van der Waals surface area (Å²) in [4.78, 5) is 9.38. The van der Waals surface area contributed by atoms with E-state index < -0.39 is 0 Å². The Morgan fingerprint density at radius 2 is 2.15 bits per heavy atom. The number of benzene rings is 1. The van der Waals surface area contributed by atoms with Crippen LogP contribution >= 0.6 is 0 Å². The van der Waals surface area contributed by atoms with Gasteiger partial charge in [0.15, 0.2) is 5.96 Å². The number of rotatable bonds is 8. The van der Waals surface area contributed by atoms with Crippen LogP contribution in [0.15, 0.2) is 29.3 Å². The monoisotopic (exact) mass is 360 g/mol. The maximum absolute atomic E-state index is 6.01. The SMILES string of the molecule is CCN(CC)CC1CCN(C(=NC)NCC(C)Oc2cccc(C)c2)C1. The molecule has 0 amide bonds. The molecule has 0 aromatic heterocycles. The van der Waals surface area contributed by atoms with Gasteiger partial charge in [-0.25, -0.2) is 0 Å². The third-order valence-corrected chi connectivity index (χ3v) is 5.08. The van der Waals surface area contributed by atoms with Crippen LogP contribution in [-0.2, 0) is 0 Å². The van der Waals surface area contributed by atoms with Gasteiger partial charge in [-0.1, -0.05) is 26.0 Å². The molecule has 1 aliphatic heterocycles. The van der Waals surface area contributed by atoms with Crippen LogP contribution in [0.1, 0.15) is 32.8 Å². The van der Waals surface area contributed by atoms with Crippen LogP contribution in [0.4, 0.5) is 0 Å². The highest BCUT2D eigenvalue weighted by atomic mass is 16.5. The minimum absolute atomic E-state index is 0.0858. The second-order valence-electron chi connectivity index (χ2n) is 7.26.